The third-order valence-corrected chi connectivity index (χ3v) is 6.74. The van der Waals surface area contributed by atoms with Crippen LogP contribution in [0, 0.1) is 23.1 Å². The lowest BCUT2D eigenvalue weighted by Crippen LogP contribution is -2.38. The fourth-order valence-corrected chi connectivity index (χ4v) is 5.50. The zero-order valence-electron chi connectivity index (χ0n) is 16.8. The molecule has 2 aromatic carbocycles. The van der Waals surface area contributed by atoms with Crippen molar-refractivity contribution in [3.63, 3.8) is 0 Å². The second-order valence-electron chi connectivity index (χ2n) is 8.37. The molecule has 3 aliphatic rings. The maximum absolute atomic E-state index is 13.6. The van der Waals surface area contributed by atoms with Crippen molar-refractivity contribution < 1.29 is 14.0 Å². The molecule has 2 amide bonds. The van der Waals surface area contributed by atoms with Gasteiger partial charge < -0.3 is 5.73 Å². The van der Waals surface area contributed by atoms with Gasteiger partial charge in [-0.1, -0.05) is 36.4 Å². The Morgan fingerprint density at radius 2 is 1.81 bits per heavy atom. The van der Waals surface area contributed by atoms with Crippen molar-refractivity contribution in [2.24, 2.45) is 17.6 Å². The quantitative estimate of drug-likeness (QED) is 0.433. The molecule has 0 radical (unpaired) electrons. The first-order valence-electron chi connectivity index (χ1n) is 10.3. The molecule has 2 aromatic rings. The van der Waals surface area contributed by atoms with Crippen LogP contribution < -0.4 is 5.73 Å². The Morgan fingerprint density at radius 3 is 2.48 bits per heavy atom. The van der Waals surface area contributed by atoms with Crippen LogP contribution in [-0.4, -0.2) is 40.0 Å². The Kier molecular flexibility index (Phi) is 5.58. The van der Waals surface area contributed by atoms with Crippen LogP contribution in [-0.2, 0) is 16.1 Å². The normalized spacial score (nSPS) is 27.2. The van der Waals surface area contributed by atoms with Gasteiger partial charge in [-0.25, -0.2) is 4.39 Å². The van der Waals surface area contributed by atoms with E-state index in [1.54, 1.807) is 24.3 Å². The second kappa shape index (κ2) is 8.05. The molecule has 6 nitrogen and oxygen atoms in total. The first kappa shape index (κ1) is 21.5. The number of hydrogen-bond donors (Lipinski definition) is 2. The molecule has 1 unspecified atom stereocenters. The number of hydrogen-bond acceptors (Lipinski definition) is 4. The van der Waals surface area contributed by atoms with Crippen LogP contribution in [0.25, 0.3) is 0 Å². The molecule has 0 bridgehead atoms. The summed E-state index contributed by atoms with van der Waals surface area (Å²) in [5, 5.41) is 7.59. The molecular weight excluding hydrogens is 419 g/mol. The van der Waals surface area contributed by atoms with Gasteiger partial charge in [-0.05, 0) is 42.6 Å². The van der Waals surface area contributed by atoms with Crippen LogP contribution in [0.4, 0.5) is 4.39 Å². The topological polar surface area (TPSA) is 90.5 Å². The van der Waals surface area contributed by atoms with Gasteiger partial charge in [0.1, 0.15) is 11.7 Å². The van der Waals surface area contributed by atoms with Crippen LogP contribution >= 0.6 is 12.4 Å². The summed E-state index contributed by atoms with van der Waals surface area (Å²) < 4.78 is 13.6. The van der Waals surface area contributed by atoms with Crippen molar-refractivity contribution in [1.29, 1.82) is 5.41 Å². The highest BCUT2D eigenvalue weighted by Crippen LogP contribution is 2.53. The maximum atomic E-state index is 13.6. The third-order valence-electron chi connectivity index (χ3n) is 6.74. The predicted octanol–water partition coefficient (Wildman–Crippen LogP) is 2.85. The number of fused-ring (bicyclic) bond motifs is 3. The first-order chi connectivity index (χ1) is 14.5. The van der Waals surface area contributed by atoms with Gasteiger partial charge in [-0.15, -0.1) is 12.4 Å². The maximum Gasteiger partial charge on any atom is 0.235 e. The highest BCUT2D eigenvalue weighted by molar-refractivity contribution is 6.06. The number of rotatable bonds is 4. The summed E-state index contributed by atoms with van der Waals surface area (Å²) in [7, 11) is 0. The molecule has 4 atom stereocenters. The summed E-state index contributed by atoms with van der Waals surface area (Å²) in [5.41, 5.74) is 7.78. The van der Waals surface area contributed by atoms with E-state index in [9.17, 15) is 14.0 Å². The van der Waals surface area contributed by atoms with Gasteiger partial charge in [-0.3, -0.25) is 24.8 Å². The van der Waals surface area contributed by atoms with E-state index >= 15 is 0 Å². The Bertz CT molecular complexity index is 1040. The molecule has 3 heterocycles. The summed E-state index contributed by atoms with van der Waals surface area (Å²) in [4.78, 5) is 30.3. The van der Waals surface area contributed by atoms with Crippen molar-refractivity contribution in [2.75, 3.05) is 6.54 Å². The van der Waals surface area contributed by atoms with Gasteiger partial charge in [0.15, 0.2) is 0 Å². The van der Waals surface area contributed by atoms with E-state index < -0.39 is 5.92 Å². The van der Waals surface area contributed by atoms with Crippen LogP contribution in [0.2, 0.25) is 0 Å². The van der Waals surface area contributed by atoms with E-state index in [-0.39, 0.29) is 60.4 Å². The zero-order valence-corrected chi connectivity index (χ0v) is 17.6. The minimum atomic E-state index is -0.431. The average molecular weight is 443 g/mol. The van der Waals surface area contributed by atoms with Crippen LogP contribution in [0.3, 0.4) is 0 Å². The Labute approximate surface area is 186 Å². The molecule has 162 valence electrons. The number of nitrogens with two attached hydrogens (primary N) is 1. The lowest BCUT2D eigenvalue weighted by atomic mass is 9.85. The van der Waals surface area contributed by atoms with Gasteiger partial charge in [0.25, 0.3) is 0 Å². The molecule has 0 spiro atoms. The van der Waals surface area contributed by atoms with E-state index in [4.69, 9.17) is 11.1 Å². The van der Waals surface area contributed by atoms with E-state index in [0.717, 1.165) is 24.9 Å². The smallest absolute Gasteiger partial charge is 0.235 e. The van der Waals surface area contributed by atoms with E-state index in [0.29, 0.717) is 11.1 Å². The predicted molar refractivity (Wildman–Crippen MR) is 116 cm³/mol. The number of amidine groups is 1. The first-order valence-corrected chi connectivity index (χ1v) is 10.3. The zero-order chi connectivity index (χ0) is 21.0. The fraction of sp³-hybridized carbons (Fsp3) is 0.348. The Morgan fingerprint density at radius 1 is 1.10 bits per heavy atom. The number of nitrogens with one attached hydrogen (secondary N) is 1. The second-order valence-corrected chi connectivity index (χ2v) is 8.37. The fourth-order valence-electron chi connectivity index (χ4n) is 5.50. The molecule has 0 aliphatic carbocycles. The molecule has 8 heteroatoms. The molecular formula is C23H24ClFN4O2. The molecule has 31 heavy (non-hydrogen) atoms. The van der Waals surface area contributed by atoms with Crippen molar-refractivity contribution in [3.05, 3.63) is 71.0 Å². The third kappa shape index (κ3) is 3.42. The van der Waals surface area contributed by atoms with E-state index in [1.165, 1.54) is 17.0 Å². The van der Waals surface area contributed by atoms with Crippen LogP contribution in [0.1, 0.15) is 35.6 Å². The average Bonchev–Trinajstić information content (AvgIpc) is 3.37. The molecule has 5 rings (SSSR count). The lowest BCUT2D eigenvalue weighted by molar-refractivity contribution is -0.142. The standard InChI is InChI=1S/C23H23FN4O2.ClH/c24-16-4-1-3-13(11-16)12-28-22(29)18-17-5-2-10-27(17)20(19(18)23(28)30)14-6-8-15(9-7-14)21(25)26;/h1,3-4,6-9,11,17-20H,2,5,10,12H2,(H3,25,26);1H/t17?,18-,19-,20-;/m0./s1. The van der Waals surface area contributed by atoms with E-state index in [2.05, 4.69) is 4.90 Å². The minimum Gasteiger partial charge on any atom is -0.384 e. The lowest BCUT2D eigenvalue weighted by Gasteiger charge is -2.29. The summed E-state index contributed by atoms with van der Waals surface area (Å²) in [6, 6.07) is 13.3. The number of likely N-dealkylation sites (tertiary alicyclic amines) is 1. The highest BCUT2D eigenvalue weighted by Gasteiger charge is 2.62. The molecule has 3 saturated heterocycles. The van der Waals surface area contributed by atoms with Crippen molar-refractivity contribution >= 4 is 30.1 Å². The molecule has 3 N–H and O–H groups in total. The number of imide groups is 1. The number of carbonyl (C=O) groups is 2. The van der Waals surface area contributed by atoms with Crippen molar-refractivity contribution in [1.82, 2.24) is 9.80 Å². The van der Waals surface area contributed by atoms with Gasteiger partial charge >= 0.3 is 0 Å². The van der Waals surface area contributed by atoms with Crippen LogP contribution in [0.5, 0.6) is 0 Å². The summed E-state index contributed by atoms with van der Waals surface area (Å²) in [5.74, 6) is -1.49. The number of nitrogens with zero attached hydrogens (tertiary/aromatic N) is 2. The monoisotopic (exact) mass is 442 g/mol. The Hall–Kier alpha value is -2.77. The van der Waals surface area contributed by atoms with Gasteiger partial charge in [0, 0.05) is 17.6 Å². The van der Waals surface area contributed by atoms with Crippen molar-refractivity contribution in [3.8, 4) is 0 Å². The molecule has 3 fully saturated rings. The summed E-state index contributed by atoms with van der Waals surface area (Å²) in [6.45, 7) is 0.965. The number of amides is 2. The molecule has 0 saturated carbocycles. The highest BCUT2D eigenvalue weighted by atomic mass is 35.5. The van der Waals surface area contributed by atoms with Crippen molar-refractivity contribution in [2.45, 2.75) is 31.5 Å². The Balaban J connectivity index is 0.00000231. The summed E-state index contributed by atoms with van der Waals surface area (Å²) in [6.07, 6.45) is 1.90. The largest absolute Gasteiger partial charge is 0.384 e. The number of carbonyl (C=O) groups excluding carboxylic acids is 2. The summed E-state index contributed by atoms with van der Waals surface area (Å²) >= 11 is 0. The van der Waals surface area contributed by atoms with Gasteiger partial charge in [-0.2, -0.15) is 0 Å². The molecule has 3 aliphatic heterocycles. The van der Waals surface area contributed by atoms with Gasteiger partial charge in [0.05, 0.1) is 18.4 Å². The SMILES string of the molecule is Cl.N=C(N)c1ccc([C@H]2[C@H]3C(=O)N(Cc4cccc(F)c4)C(=O)[C@H]3C3CCCN32)cc1. The number of halogens is 2. The van der Waals surface area contributed by atoms with E-state index in [1.807, 2.05) is 12.1 Å². The van der Waals surface area contributed by atoms with Crippen LogP contribution in [0.15, 0.2) is 48.5 Å². The molecule has 0 aromatic heterocycles. The minimum absolute atomic E-state index is 0. The number of nitrogen functional groups attached to an aromatic ring is 1. The number of benzene rings is 2. The van der Waals surface area contributed by atoms with Gasteiger partial charge in [0.2, 0.25) is 11.8 Å².